The van der Waals surface area contributed by atoms with Gasteiger partial charge >= 0.3 is 12.1 Å². The molecule has 0 aliphatic carbocycles. The fourth-order valence-electron chi connectivity index (χ4n) is 1.79. The number of imidazole rings is 1. The molecule has 0 N–H and O–H groups in total. The smallest absolute Gasteiger partial charge is 0.426 e. The van der Waals surface area contributed by atoms with Crippen LogP contribution >= 0.6 is 0 Å². The SMILES string of the molecule is COC(=O)c1c([O-])n(CC(F)(F)F)c2cccc[n+]12. The first-order valence-electron chi connectivity index (χ1n) is 5.20. The number of carbonyl (C=O) groups is 1. The number of pyridine rings is 1. The Kier molecular flexibility index (Phi) is 3.09. The van der Waals surface area contributed by atoms with Crippen LogP contribution in [0.15, 0.2) is 24.4 Å². The minimum Gasteiger partial charge on any atom is -0.839 e. The van der Waals surface area contributed by atoms with Gasteiger partial charge in [-0.1, -0.05) is 6.07 Å². The quantitative estimate of drug-likeness (QED) is 0.597. The number of fused-ring (bicyclic) bond motifs is 1. The molecule has 102 valence electrons. The summed E-state index contributed by atoms with van der Waals surface area (Å²) in [5.74, 6) is -2.01. The van der Waals surface area contributed by atoms with Crippen LogP contribution in [0.25, 0.3) is 5.65 Å². The van der Waals surface area contributed by atoms with Gasteiger partial charge in [0.1, 0.15) is 5.88 Å². The van der Waals surface area contributed by atoms with Gasteiger partial charge in [0.25, 0.3) is 5.65 Å². The molecule has 0 fully saturated rings. The van der Waals surface area contributed by atoms with Gasteiger partial charge in [-0.3, -0.25) is 0 Å². The third kappa shape index (κ3) is 2.33. The van der Waals surface area contributed by atoms with Crippen molar-refractivity contribution in [2.24, 2.45) is 0 Å². The van der Waals surface area contributed by atoms with E-state index in [4.69, 9.17) is 0 Å². The molecule has 2 rings (SSSR count). The average molecular weight is 274 g/mol. The topological polar surface area (TPSA) is 58.4 Å². The van der Waals surface area contributed by atoms with Gasteiger partial charge in [0.05, 0.1) is 13.3 Å². The van der Waals surface area contributed by atoms with Crippen LogP contribution in [0.5, 0.6) is 5.88 Å². The summed E-state index contributed by atoms with van der Waals surface area (Å²) in [5.41, 5.74) is -0.479. The lowest BCUT2D eigenvalue weighted by molar-refractivity contribution is -0.517. The number of halogens is 3. The van der Waals surface area contributed by atoms with Crippen molar-refractivity contribution in [3.63, 3.8) is 0 Å². The lowest BCUT2D eigenvalue weighted by Gasteiger charge is -2.08. The molecule has 0 saturated heterocycles. The fraction of sp³-hybridized carbons (Fsp3) is 0.273. The Hall–Kier alpha value is -2.25. The molecule has 0 atom stereocenters. The van der Waals surface area contributed by atoms with Crippen LogP contribution in [0, 0.1) is 0 Å². The Morgan fingerprint density at radius 1 is 1.47 bits per heavy atom. The summed E-state index contributed by atoms with van der Waals surface area (Å²) in [5, 5.41) is 11.9. The van der Waals surface area contributed by atoms with Gasteiger partial charge in [0, 0.05) is 6.07 Å². The van der Waals surface area contributed by atoms with Gasteiger partial charge < -0.3 is 9.84 Å². The number of hydrogen-bond acceptors (Lipinski definition) is 3. The molecule has 0 aliphatic rings. The number of hydrogen-bond donors (Lipinski definition) is 0. The lowest BCUT2D eigenvalue weighted by atomic mass is 10.4. The second-order valence-electron chi connectivity index (χ2n) is 3.78. The van der Waals surface area contributed by atoms with E-state index in [2.05, 4.69) is 4.74 Å². The van der Waals surface area contributed by atoms with E-state index in [0.29, 0.717) is 4.57 Å². The highest BCUT2D eigenvalue weighted by Crippen LogP contribution is 2.24. The molecule has 0 bridgehead atoms. The van der Waals surface area contributed by atoms with E-state index in [1.807, 2.05) is 0 Å². The normalized spacial score (nSPS) is 11.8. The number of nitrogens with zero attached hydrogens (tertiary/aromatic N) is 2. The van der Waals surface area contributed by atoms with Crippen LogP contribution in [-0.2, 0) is 11.3 Å². The number of alkyl halides is 3. The molecule has 0 spiro atoms. The minimum absolute atomic E-state index is 0.0229. The molecule has 5 nitrogen and oxygen atoms in total. The minimum atomic E-state index is -4.56. The summed E-state index contributed by atoms with van der Waals surface area (Å²) < 4.78 is 43.4. The van der Waals surface area contributed by atoms with E-state index >= 15 is 0 Å². The summed E-state index contributed by atoms with van der Waals surface area (Å²) >= 11 is 0. The molecule has 2 heterocycles. The number of aromatic nitrogens is 2. The highest BCUT2D eigenvalue weighted by atomic mass is 19.4. The third-order valence-corrected chi connectivity index (χ3v) is 2.52. The first kappa shape index (κ1) is 13.2. The molecule has 2 aromatic rings. The predicted octanol–water partition coefficient (Wildman–Crippen LogP) is 0.649. The van der Waals surface area contributed by atoms with Gasteiger partial charge in [-0.15, -0.1) is 0 Å². The van der Waals surface area contributed by atoms with Crippen molar-refractivity contribution in [2.75, 3.05) is 7.11 Å². The van der Waals surface area contributed by atoms with Crippen LogP contribution in [0.3, 0.4) is 0 Å². The van der Waals surface area contributed by atoms with Crippen molar-refractivity contribution in [2.45, 2.75) is 12.7 Å². The van der Waals surface area contributed by atoms with Gasteiger partial charge in [0.2, 0.25) is 5.69 Å². The highest BCUT2D eigenvalue weighted by Gasteiger charge is 2.35. The Labute approximate surface area is 105 Å². The van der Waals surface area contributed by atoms with E-state index in [-0.39, 0.29) is 5.65 Å². The number of ether oxygens (including phenoxy) is 1. The summed E-state index contributed by atoms with van der Waals surface area (Å²) in [7, 11) is 1.05. The fourth-order valence-corrected chi connectivity index (χ4v) is 1.79. The zero-order chi connectivity index (χ0) is 14.2. The molecule has 19 heavy (non-hydrogen) atoms. The standard InChI is InChI=1S/C11H9F3N2O3/c1-19-10(18)8-9(17)16(6-11(12,13)14)7-4-2-3-5-15(7)8/h2-5H,6H2,1H3. The molecular weight excluding hydrogens is 265 g/mol. The van der Waals surface area contributed by atoms with E-state index < -0.39 is 30.3 Å². The number of carbonyl (C=O) groups excluding carboxylic acids is 1. The maximum Gasteiger partial charge on any atom is 0.426 e. The van der Waals surface area contributed by atoms with Crippen LogP contribution < -0.4 is 9.51 Å². The Morgan fingerprint density at radius 2 is 2.16 bits per heavy atom. The predicted molar refractivity (Wildman–Crippen MR) is 54.4 cm³/mol. The van der Waals surface area contributed by atoms with Crippen molar-refractivity contribution < 1.29 is 32.2 Å². The summed E-state index contributed by atoms with van der Waals surface area (Å²) in [6.45, 7) is -1.46. The number of methoxy groups -OCH3 is 1. The first-order valence-corrected chi connectivity index (χ1v) is 5.20. The second kappa shape index (κ2) is 4.45. The van der Waals surface area contributed by atoms with E-state index in [1.54, 1.807) is 0 Å². The van der Waals surface area contributed by atoms with Crippen molar-refractivity contribution >= 4 is 11.6 Å². The molecular formula is C11H9F3N2O3. The monoisotopic (exact) mass is 274 g/mol. The zero-order valence-electron chi connectivity index (χ0n) is 9.77. The molecule has 8 heteroatoms. The molecule has 2 aromatic heterocycles. The summed E-state index contributed by atoms with van der Waals surface area (Å²) in [4.78, 5) is 11.5. The van der Waals surface area contributed by atoms with Gasteiger partial charge in [-0.05, 0) is 6.07 Å². The Bertz CT molecular complexity index is 634. The van der Waals surface area contributed by atoms with E-state index in [0.717, 1.165) is 11.5 Å². The van der Waals surface area contributed by atoms with E-state index in [1.165, 1.54) is 24.4 Å². The maximum absolute atomic E-state index is 12.5. The highest BCUT2D eigenvalue weighted by molar-refractivity contribution is 5.88. The molecule has 0 aromatic carbocycles. The van der Waals surface area contributed by atoms with Crippen LogP contribution in [0.2, 0.25) is 0 Å². The number of esters is 1. The third-order valence-electron chi connectivity index (χ3n) is 2.52. The van der Waals surface area contributed by atoms with Gasteiger partial charge in [-0.2, -0.15) is 17.6 Å². The molecule has 0 unspecified atom stereocenters. The van der Waals surface area contributed by atoms with Crippen LogP contribution in [-0.4, -0.2) is 23.8 Å². The second-order valence-corrected chi connectivity index (χ2v) is 3.78. The van der Waals surface area contributed by atoms with Crippen LogP contribution in [0.4, 0.5) is 13.2 Å². The van der Waals surface area contributed by atoms with E-state index in [9.17, 15) is 23.1 Å². The van der Waals surface area contributed by atoms with Gasteiger partial charge in [-0.25, -0.2) is 9.36 Å². The van der Waals surface area contributed by atoms with Gasteiger partial charge in [0.15, 0.2) is 6.54 Å². The molecule has 0 radical (unpaired) electrons. The maximum atomic E-state index is 12.5. The van der Waals surface area contributed by atoms with Crippen molar-refractivity contribution in [3.05, 3.63) is 30.1 Å². The number of rotatable bonds is 2. The molecule has 0 saturated carbocycles. The Morgan fingerprint density at radius 3 is 2.74 bits per heavy atom. The van der Waals surface area contributed by atoms with Crippen molar-refractivity contribution in [1.29, 1.82) is 0 Å². The largest absolute Gasteiger partial charge is 0.839 e. The Balaban J connectivity index is 2.71. The average Bonchev–Trinajstić information content (AvgIpc) is 2.60. The molecule has 0 amide bonds. The molecule has 0 aliphatic heterocycles. The summed E-state index contributed by atoms with van der Waals surface area (Å²) in [6.07, 6.45) is -3.23. The zero-order valence-corrected chi connectivity index (χ0v) is 9.77. The van der Waals surface area contributed by atoms with Crippen LogP contribution in [0.1, 0.15) is 10.5 Å². The first-order chi connectivity index (χ1) is 8.85. The van der Waals surface area contributed by atoms with Crippen molar-refractivity contribution in [3.8, 4) is 5.88 Å². The summed E-state index contributed by atoms with van der Waals surface area (Å²) in [6, 6.07) is 4.29. The van der Waals surface area contributed by atoms with Crippen molar-refractivity contribution in [1.82, 2.24) is 4.57 Å². The lowest BCUT2D eigenvalue weighted by Crippen LogP contribution is -2.28.